The molecular weight excluding hydrogens is 374 g/mol. The lowest BCUT2D eigenvalue weighted by molar-refractivity contribution is -0.119. The molecule has 7 nitrogen and oxygen atoms in total. The van der Waals surface area contributed by atoms with E-state index in [2.05, 4.69) is 0 Å². The molecule has 1 atom stereocenters. The fourth-order valence-corrected chi connectivity index (χ4v) is 3.90. The number of aryl methyl sites for hydroxylation is 1. The van der Waals surface area contributed by atoms with E-state index in [1.807, 2.05) is 6.07 Å². The summed E-state index contributed by atoms with van der Waals surface area (Å²) in [5.41, 5.74) is 2.85. The van der Waals surface area contributed by atoms with Gasteiger partial charge in [-0.25, -0.2) is 0 Å². The summed E-state index contributed by atoms with van der Waals surface area (Å²) in [4.78, 5) is 25.8. The minimum absolute atomic E-state index is 0.206. The van der Waals surface area contributed by atoms with E-state index < -0.39 is 0 Å². The number of nitrogens with zero attached hydrogens (tertiary/aromatic N) is 1. The minimum Gasteiger partial charge on any atom is -0.493 e. The van der Waals surface area contributed by atoms with Gasteiger partial charge in [0, 0.05) is 12.6 Å². The van der Waals surface area contributed by atoms with Gasteiger partial charge in [0.25, 0.3) is 0 Å². The molecule has 0 aliphatic heterocycles. The van der Waals surface area contributed by atoms with E-state index in [9.17, 15) is 9.59 Å². The van der Waals surface area contributed by atoms with Crippen LogP contribution < -0.4 is 24.4 Å². The number of benzene rings is 1. The van der Waals surface area contributed by atoms with Crippen molar-refractivity contribution in [1.29, 1.82) is 0 Å². The van der Waals surface area contributed by atoms with Gasteiger partial charge < -0.3 is 23.8 Å². The Morgan fingerprint density at radius 2 is 1.83 bits per heavy atom. The number of amides is 1. The summed E-state index contributed by atoms with van der Waals surface area (Å²) in [6, 6.07) is 6.47. The van der Waals surface area contributed by atoms with E-state index in [0.29, 0.717) is 35.7 Å². The van der Waals surface area contributed by atoms with Crippen molar-refractivity contribution < 1.29 is 25.1 Å². The normalized spacial score (nSPS) is 15.2. The van der Waals surface area contributed by atoms with Gasteiger partial charge in [-0.1, -0.05) is 6.07 Å². The van der Waals surface area contributed by atoms with E-state index in [1.165, 1.54) is 27.4 Å². The van der Waals surface area contributed by atoms with E-state index in [-0.39, 0.29) is 24.3 Å². The van der Waals surface area contributed by atoms with Crippen LogP contribution in [0.1, 0.15) is 25.0 Å². The van der Waals surface area contributed by atoms with Crippen LogP contribution in [0.15, 0.2) is 29.1 Å². The Hall–Kier alpha value is -3.22. The number of carbonyl (C=O) groups is 1. The van der Waals surface area contributed by atoms with Gasteiger partial charge in [0.15, 0.2) is 17.2 Å². The van der Waals surface area contributed by atoms with Gasteiger partial charge in [-0.15, -0.1) is 0 Å². The second-order valence-electron chi connectivity index (χ2n) is 6.72. The van der Waals surface area contributed by atoms with Crippen molar-refractivity contribution in [1.82, 2.24) is 4.90 Å². The molecule has 29 heavy (non-hydrogen) atoms. The minimum atomic E-state index is -0.314. The molecule has 0 fully saturated rings. The van der Waals surface area contributed by atoms with Crippen LogP contribution in [0.4, 0.5) is 0 Å². The highest BCUT2D eigenvalue weighted by Gasteiger charge is 2.30. The SMILES string of the molecule is [3H]COc1cc2c(c(OC)c1OC)-c1ccc(OC)c(=O)cc1[C@@H](N(C)C=O)CC2. The predicted molar refractivity (Wildman–Crippen MR) is 109 cm³/mol. The zero-order chi connectivity index (χ0) is 21.8. The molecule has 0 saturated carbocycles. The molecule has 2 aromatic rings. The van der Waals surface area contributed by atoms with Crippen LogP contribution in [0, 0.1) is 0 Å². The molecule has 0 saturated heterocycles. The van der Waals surface area contributed by atoms with E-state index in [1.54, 1.807) is 24.1 Å². The average molecular weight is 401 g/mol. The van der Waals surface area contributed by atoms with Gasteiger partial charge in [0.1, 0.15) is 0 Å². The monoisotopic (exact) mass is 401 g/mol. The Bertz CT molecular complexity index is 1010. The van der Waals surface area contributed by atoms with Gasteiger partial charge in [0.05, 0.1) is 35.8 Å². The van der Waals surface area contributed by atoms with Crippen molar-refractivity contribution >= 4 is 6.41 Å². The van der Waals surface area contributed by atoms with Gasteiger partial charge in [-0.05, 0) is 47.7 Å². The molecule has 1 amide bonds. The maximum Gasteiger partial charge on any atom is 0.220 e. The predicted octanol–water partition coefficient (Wildman–Crippen LogP) is 2.82. The van der Waals surface area contributed by atoms with Crippen LogP contribution in [0.2, 0.25) is 0 Å². The van der Waals surface area contributed by atoms with Crippen molar-refractivity contribution in [2.75, 3.05) is 35.5 Å². The summed E-state index contributed by atoms with van der Waals surface area (Å²) in [5.74, 6) is 1.44. The molecule has 7 heteroatoms. The lowest BCUT2D eigenvalue weighted by Crippen LogP contribution is -2.23. The summed E-state index contributed by atoms with van der Waals surface area (Å²) in [6.07, 6.45) is 1.96. The van der Waals surface area contributed by atoms with Crippen LogP contribution in [0.25, 0.3) is 11.1 Å². The first-order valence-electron chi connectivity index (χ1n) is 9.81. The second-order valence-corrected chi connectivity index (χ2v) is 6.72. The van der Waals surface area contributed by atoms with Crippen molar-refractivity contribution in [3.05, 3.63) is 45.6 Å². The average Bonchev–Trinajstić information content (AvgIpc) is 3.00. The molecule has 0 radical (unpaired) electrons. The fourth-order valence-electron chi connectivity index (χ4n) is 3.90. The Morgan fingerprint density at radius 3 is 2.45 bits per heavy atom. The molecule has 1 aliphatic carbocycles. The van der Waals surface area contributed by atoms with Crippen molar-refractivity contribution in [3.8, 4) is 34.1 Å². The lowest BCUT2D eigenvalue weighted by atomic mass is 9.95. The fraction of sp³-hybridized carbons (Fsp3) is 0.364. The standard InChI is InChI=1S/C22H25NO6/c1-23(12-24)16-8-6-13-10-19(27-3)21(28-4)22(29-5)20(13)14-7-9-18(26-2)17(25)11-15(14)16/h7,9-12,16H,6,8H2,1-5H3/t16-/m0/s1/i3T. The number of fused-ring (bicyclic) bond motifs is 3. The topological polar surface area (TPSA) is 74.3 Å². The molecule has 154 valence electrons. The molecule has 0 spiro atoms. The maximum atomic E-state index is 12.7. The van der Waals surface area contributed by atoms with Gasteiger partial charge in [-0.2, -0.15) is 0 Å². The van der Waals surface area contributed by atoms with Crippen LogP contribution in [-0.4, -0.2) is 46.8 Å². The smallest absolute Gasteiger partial charge is 0.220 e. The molecule has 3 rings (SSSR count). The maximum absolute atomic E-state index is 12.7. The van der Waals surface area contributed by atoms with Crippen LogP contribution in [0.3, 0.4) is 0 Å². The van der Waals surface area contributed by atoms with Gasteiger partial charge in [0.2, 0.25) is 17.6 Å². The first-order valence-corrected chi connectivity index (χ1v) is 9.10. The Morgan fingerprint density at radius 1 is 1.07 bits per heavy atom. The third-order valence-electron chi connectivity index (χ3n) is 5.28. The lowest BCUT2D eigenvalue weighted by Gasteiger charge is -2.24. The largest absolute Gasteiger partial charge is 0.493 e. The molecule has 1 aliphatic rings. The van der Waals surface area contributed by atoms with Gasteiger partial charge in [-0.3, -0.25) is 9.59 Å². The van der Waals surface area contributed by atoms with Crippen molar-refractivity contribution in [2.45, 2.75) is 18.9 Å². The number of hydrogen-bond acceptors (Lipinski definition) is 6. The zero-order valence-electron chi connectivity index (χ0n) is 18.0. The number of methoxy groups -OCH3 is 4. The molecule has 0 aromatic heterocycles. The third-order valence-corrected chi connectivity index (χ3v) is 5.28. The molecule has 0 unspecified atom stereocenters. The first kappa shape index (κ1) is 19.1. The second kappa shape index (κ2) is 8.43. The van der Waals surface area contributed by atoms with Crippen molar-refractivity contribution in [2.24, 2.45) is 0 Å². The Labute approximate surface area is 171 Å². The number of hydrogen-bond donors (Lipinski definition) is 0. The van der Waals surface area contributed by atoms with Crippen molar-refractivity contribution in [3.63, 3.8) is 0 Å². The summed E-state index contributed by atoms with van der Waals surface area (Å²) < 4.78 is 29.4. The van der Waals surface area contributed by atoms with Crippen LogP contribution >= 0.6 is 0 Å². The Balaban J connectivity index is 2.43. The molecule has 0 bridgehead atoms. The highest BCUT2D eigenvalue weighted by molar-refractivity contribution is 5.82. The molecule has 2 aromatic carbocycles. The first-order chi connectivity index (χ1) is 14.5. The van der Waals surface area contributed by atoms with E-state index in [4.69, 9.17) is 20.3 Å². The Kier molecular flexibility index (Phi) is 5.55. The number of ether oxygens (including phenoxy) is 4. The van der Waals surface area contributed by atoms with E-state index >= 15 is 0 Å². The highest BCUT2D eigenvalue weighted by Crippen LogP contribution is 2.50. The summed E-state index contributed by atoms with van der Waals surface area (Å²) in [7, 11) is 5.91. The molecule has 0 N–H and O–H groups in total. The van der Waals surface area contributed by atoms with Gasteiger partial charge >= 0.3 is 0 Å². The summed E-state index contributed by atoms with van der Waals surface area (Å²) in [6.45, 7) is 0. The number of rotatable bonds is 6. The van der Waals surface area contributed by atoms with E-state index in [0.717, 1.165) is 23.1 Å². The zero-order valence-corrected chi connectivity index (χ0v) is 17.0. The van der Waals surface area contributed by atoms with Crippen LogP contribution in [-0.2, 0) is 11.2 Å². The summed E-state index contributed by atoms with van der Waals surface area (Å²) in [5, 5.41) is 0. The quantitative estimate of drug-likeness (QED) is 0.693. The third kappa shape index (κ3) is 3.48. The highest BCUT2D eigenvalue weighted by atomic mass is 16.5. The molecular formula is C22H25NO6. The molecule has 0 heterocycles. The van der Waals surface area contributed by atoms with Crippen LogP contribution in [0.5, 0.6) is 23.0 Å². The number of carbonyl (C=O) groups excluding carboxylic acids is 1. The summed E-state index contributed by atoms with van der Waals surface area (Å²) >= 11 is 0.